The van der Waals surface area contributed by atoms with Gasteiger partial charge in [0.2, 0.25) is 0 Å². The third-order valence-corrected chi connectivity index (χ3v) is 2.44. The first-order valence-electron chi connectivity index (χ1n) is 4.70. The van der Waals surface area contributed by atoms with Crippen LogP contribution in [0.25, 0.3) is 0 Å². The monoisotopic (exact) mass is 229 g/mol. The maximum atomic E-state index is 10.3. The van der Waals surface area contributed by atoms with Crippen LogP contribution in [0.3, 0.4) is 0 Å². The molecule has 1 rings (SSSR count). The molecule has 0 spiro atoms. The lowest BCUT2D eigenvalue weighted by Gasteiger charge is -2.12. The normalized spacial score (nSPS) is 14.8. The number of hydrogen-bond donors (Lipinski definition) is 2. The average molecular weight is 229 g/mol. The van der Waals surface area contributed by atoms with Crippen LogP contribution in [0.15, 0.2) is 30.3 Å². The summed E-state index contributed by atoms with van der Waals surface area (Å²) in [5.74, 6) is 0.0727. The van der Waals surface area contributed by atoms with E-state index in [0.29, 0.717) is 6.54 Å². The van der Waals surface area contributed by atoms with E-state index < -0.39 is 11.4 Å². The zero-order valence-corrected chi connectivity index (χ0v) is 9.15. The van der Waals surface area contributed by atoms with Gasteiger partial charge in [-0.05, 0) is 24.4 Å². The third-order valence-electron chi connectivity index (χ3n) is 2.11. The molecule has 0 aliphatic carbocycles. The van der Waals surface area contributed by atoms with Gasteiger partial charge in [-0.3, -0.25) is 8.74 Å². The van der Waals surface area contributed by atoms with Crippen LogP contribution in [0.1, 0.15) is 5.56 Å². The molecule has 5 heteroatoms. The van der Waals surface area contributed by atoms with Crippen molar-refractivity contribution >= 4 is 11.4 Å². The molecule has 0 saturated carbocycles. The van der Waals surface area contributed by atoms with Crippen molar-refractivity contribution in [2.45, 2.75) is 6.42 Å². The van der Waals surface area contributed by atoms with E-state index in [1.165, 1.54) is 0 Å². The van der Waals surface area contributed by atoms with Crippen LogP contribution in [0.4, 0.5) is 0 Å². The van der Waals surface area contributed by atoms with Gasteiger partial charge in [-0.25, -0.2) is 0 Å². The van der Waals surface area contributed by atoms with Gasteiger partial charge in [-0.15, -0.1) is 0 Å². The third kappa shape index (κ3) is 5.03. The molecule has 4 nitrogen and oxygen atoms in total. The second-order valence-electron chi connectivity index (χ2n) is 3.29. The van der Waals surface area contributed by atoms with Gasteiger partial charge >= 0.3 is 11.4 Å². The van der Waals surface area contributed by atoms with Crippen LogP contribution in [0, 0.1) is 5.92 Å². The number of benzene rings is 1. The van der Waals surface area contributed by atoms with Crippen molar-refractivity contribution < 1.29 is 12.9 Å². The molecule has 0 aliphatic heterocycles. The molecule has 0 heterocycles. The molecule has 1 aromatic carbocycles. The standard InChI is InChI=1S/C10H15NO3S/c11-7-10(8-14-15(12)13)6-9-4-2-1-3-5-9/h1-5,10H,6-8,11H2,(H,12,13). The fourth-order valence-corrected chi connectivity index (χ4v) is 1.62. The number of hydrogen-bond acceptors (Lipinski definition) is 3. The topological polar surface area (TPSA) is 72.5 Å². The molecule has 0 aromatic heterocycles. The lowest BCUT2D eigenvalue weighted by Crippen LogP contribution is -2.22. The van der Waals surface area contributed by atoms with E-state index in [-0.39, 0.29) is 12.5 Å². The van der Waals surface area contributed by atoms with Crippen molar-refractivity contribution in [3.8, 4) is 0 Å². The summed E-state index contributed by atoms with van der Waals surface area (Å²) < 4.78 is 23.4. The molecule has 2 atom stereocenters. The second-order valence-corrected chi connectivity index (χ2v) is 3.96. The first-order valence-corrected chi connectivity index (χ1v) is 5.73. The van der Waals surface area contributed by atoms with Gasteiger partial charge in [0, 0.05) is 0 Å². The summed E-state index contributed by atoms with van der Waals surface area (Å²) in [5.41, 5.74) is 6.70. The first-order chi connectivity index (χ1) is 7.22. The number of rotatable bonds is 6. The largest absolute Gasteiger partial charge is 0.330 e. The second kappa shape index (κ2) is 6.68. The van der Waals surface area contributed by atoms with Gasteiger partial charge in [-0.1, -0.05) is 30.3 Å². The van der Waals surface area contributed by atoms with Gasteiger partial charge < -0.3 is 5.73 Å². The summed E-state index contributed by atoms with van der Waals surface area (Å²) in [5, 5.41) is 0. The lowest BCUT2D eigenvalue weighted by molar-refractivity contribution is 0.250. The Balaban J connectivity index is 2.43. The summed E-state index contributed by atoms with van der Waals surface area (Å²) in [6.07, 6.45) is 0.758. The van der Waals surface area contributed by atoms with E-state index in [1.807, 2.05) is 30.3 Å². The molecule has 0 radical (unpaired) electrons. The fraction of sp³-hybridized carbons (Fsp3) is 0.400. The smallest absolute Gasteiger partial charge is 0.301 e. The molecule has 2 unspecified atom stereocenters. The molecular weight excluding hydrogens is 214 g/mol. The van der Waals surface area contributed by atoms with Crippen molar-refractivity contribution in [3.05, 3.63) is 35.9 Å². The molecular formula is C10H15NO3S. The highest BCUT2D eigenvalue weighted by atomic mass is 32.2. The van der Waals surface area contributed by atoms with E-state index in [4.69, 9.17) is 10.3 Å². The maximum absolute atomic E-state index is 10.3. The Kier molecular flexibility index (Phi) is 5.49. The van der Waals surface area contributed by atoms with E-state index in [0.717, 1.165) is 12.0 Å². The van der Waals surface area contributed by atoms with Crippen LogP contribution < -0.4 is 5.73 Å². The Hall–Kier alpha value is -0.750. The van der Waals surface area contributed by atoms with Crippen molar-refractivity contribution in [3.63, 3.8) is 0 Å². The highest BCUT2D eigenvalue weighted by Crippen LogP contribution is 2.08. The molecule has 3 N–H and O–H groups in total. The summed E-state index contributed by atoms with van der Waals surface area (Å²) in [4.78, 5) is 0. The molecule has 15 heavy (non-hydrogen) atoms. The van der Waals surface area contributed by atoms with Gasteiger partial charge in [0.25, 0.3) is 0 Å². The summed E-state index contributed by atoms with van der Waals surface area (Å²) >= 11 is -2.20. The Morgan fingerprint density at radius 1 is 1.40 bits per heavy atom. The minimum absolute atomic E-state index is 0.0727. The Bertz CT molecular complexity index is 305. The highest BCUT2D eigenvalue weighted by molar-refractivity contribution is 7.74. The average Bonchev–Trinajstić information content (AvgIpc) is 2.25. The van der Waals surface area contributed by atoms with Crippen LogP contribution in [0.5, 0.6) is 0 Å². The Morgan fingerprint density at radius 3 is 2.60 bits per heavy atom. The van der Waals surface area contributed by atoms with Gasteiger partial charge in [0.1, 0.15) is 0 Å². The minimum atomic E-state index is -2.20. The van der Waals surface area contributed by atoms with Crippen LogP contribution >= 0.6 is 0 Å². The quantitative estimate of drug-likeness (QED) is 0.713. The van der Waals surface area contributed by atoms with Crippen LogP contribution in [-0.4, -0.2) is 21.9 Å². The van der Waals surface area contributed by atoms with Crippen LogP contribution in [-0.2, 0) is 22.0 Å². The molecule has 84 valence electrons. The highest BCUT2D eigenvalue weighted by Gasteiger charge is 2.09. The molecule has 0 bridgehead atoms. The molecule has 0 amide bonds. The van der Waals surface area contributed by atoms with E-state index in [9.17, 15) is 4.21 Å². The molecule has 0 fully saturated rings. The minimum Gasteiger partial charge on any atom is -0.330 e. The van der Waals surface area contributed by atoms with E-state index in [1.54, 1.807) is 0 Å². The Labute approximate surface area is 91.9 Å². The summed E-state index contributed by atoms with van der Waals surface area (Å²) in [6.45, 7) is 0.639. The molecule has 1 aromatic rings. The van der Waals surface area contributed by atoms with E-state index in [2.05, 4.69) is 4.18 Å². The lowest BCUT2D eigenvalue weighted by atomic mass is 10.0. The summed E-state index contributed by atoms with van der Waals surface area (Å²) in [7, 11) is 0. The first kappa shape index (κ1) is 12.3. The van der Waals surface area contributed by atoms with Crippen molar-refractivity contribution in [2.24, 2.45) is 11.7 Å². The van der Waals surface area contributed by atoms with Crippen molar-refractivity contribution in [1.29, 1.82) is 0 Å². The van der Waals surface area contributed by atoms with Crippen molar-refractivity contribution in [1.82, 2.24) is 0 Å². The molecule has 0 saturated heterocycles. The predicted octanol–water partition coefficient (Wildman–Crippen LogP) is 0.957. The Morgan fingerprint density at radius 2 is 2.07 bits per heavy atom. The SMILES string of the molecule is NCC(COS(=O)O)Cc1ccccc1. The molecule has 0 aliphatic rings. The zero-order chi connectivity index (χ0) is 11.1. The van der Waals surface area contributed by atoms with Gasteiger partial charge in [0.05, 0.1) is 6.61 Å². The predicted molar refractivity (Wildman–Crippen MR) is 59.4 cm³/mol. The van der Waals surface area contributed by atoms with Crippen molar-refractivity contribution in [2.75, 3.05) is 13.2 Å². The zero-order valence-electron chi connectivity index (χ0n) is 8.33. The van der Waals surface area contributed by atoms with E-state index >= 15 is 0 Å². The number of nitrogens with two attached hydrogens (primary N) is 1. The van der Waals surface area contributed by atoms with Gasteiger partial charge in [0.15, 0.2) is 0 Å². The van der Waals surface area contributed by atoms with Crippen LogP contribution in [0.2, 0.25) is 0 Å². The van der Waals surface area contributed by atoms with Gasteiger partial charge in [-0.2, -0.15) is 4.21 Å². The summed E-state index contributed by atoms with van der Waals surface area (Å²) in [6, 6.07) is 9.85. The fourth-order valence-electron chi connectivity index (χ4n) is 1.31. The maximum Gasteiger partial charge on any atom is 0.301 e.